The number of nitrogens with two attached hydrogens (primary N) is 1. The maximum Gasteiger partial charge on any atom is 0.267 e. The Morgan fingerprint density at radius 3 is 2.77 bits per heavy atom. The number of carbonyl (C=O) groups is 2. The van der Waals surface area contributed by atoms with Gasteiger partial charge in [0.25, 0.3) is 11.8 Å². The summed E-state index contributed by atoms with van der Waals surface area (Å²) in [4.78, 5) is 27.1. The van der Waals surface area contributed by atoms with Gasteiger partial charge in [0.2, 0.25) is 0 Å². The molecule has 0 aliphatic carbocycles. The molecule has 26 heavy (non-hydrogen) atoms. The fourth-order valence-corrected chi connectivity index (χ4v) is 2.23. The summed E-state index contributed by atoms with van der Waals surface area (Å²) in [5, 5.41) is 6.86. The molecule has 3 aromatic rings. The number of anilines is 1. The molecule has 2 amide bonds. The van der Waals surface area contributed by atoms with Gasteiger partial charge in [-0.25, -0.2) is 0 Å². The highest BCUT2D eigenvalue weighted by molar-refractivity contribution is 6.04. The van der Waals surface area contributed by atoms with Gasteiger partial charge in [-0.15, -0.1) is 0 Å². The van der Waals surface area contributed by atoms with Gasteiger partial charge in [-0.1, -0.05) is 6.07 Å². The zero-order valence-corrected chi connectivity index (χ0v) is 13.8. The molecule has 0 fully saturated rings. The molecule has 3 rings (SSSR count). The SMILES string of the molecule is NC(=O)c1ccc(C(=O)Nc2cccc(OCCn3cccn3)c2)cn1. The van der Waals surface area contributed by atoms with E-state index in [0.29, 0.717) is 30.2 Å². The average Bonchev–Trinajstić information content (AvgIpc) is 3.15. The molecule has 2 heterocycles. The minimum absolute atomic E-state index is 0.106. The van der Waals surface area contributed by atoms with E-state index in [1.165, 1.54) is 18.3 Å². The highest BCUT2D eigenvalue weighted by Gasteiger charge is 2.09. The number of nitrogens with one attached hydrogen (secondary N) is 1. The van der Waals surface area contributed by atoms with Crippen LogP contribution in [0, 0.1) is 0 Å². The van der Waals surface area contributed by atoms with Crippen molar-refractivity contribution in [3.63, 3.8) is 0 Å². The number of primary amides is 1. The highest BCUT2D eigenvalue weighted by atomic mass is 16.5. The van der Waals surface area contributed by atoms with Crippen molar-refractivity contribution in [3.05, 3.63) is 72.3 Å². The summed E-state index contributed by atoms with van der Waals surface area (Å²) in [7, 11) is 0. The first-order valence-corrected chi connectivity index (χ1v) is 7.89. The lowest BCUT2D eigenvalue weighted by molar-refractivity contribution is 0.0990. The molecule has 0 saturated heterocycles. The summed E-state index contributed by atoms with van der Waals surface area (Å²) in [5.41, 5.74) is 6.14. The molecule has 0 aliphatic rings. The van der Waals surface area contributed by atoms with E-state index in [1.54, 1.807) is 29.1 Å². The van der Waals surface area contributed by atoms with Gasteiger partial charge in [0, 0.05) is 30.3 Å². The lowest BCUT2D eigenvalue weighted by Gasteiger charge is -2.09. The molecule has 8 heteroatoms. The summed E-state index contributed by atoms with van der Waals surface area (Å²) in [5.74, 6) is -0.351. The maximum atomic E-state index is 12.3. The monoisotopic (exact) mass is 351 g/mol. The van der Waals surface area contributed by atoms with Crippen LogP contribution in [-0.2, 0) is 6.54 Å². The normalized spacial score (nSPS) is 10.3. The highest BCUT2D eigenvalue weighted by Crippen LogP contribution is 2.18. The third kappa shape index (κ3) is 4.44. The van der Waals surface area contributed by atoms with E-state index < -0.39 is 5.91 Å². The first-order valence-electron chi connectivity index (χ1n) is 7.89. The largest absolute Gasteiger partial charge is 0.492 e. The number of benzene rings is 1. The van der Waals surface area contributed by atoms with E-state index in [-0.39, 0.29) is 11.6 Å². The summed E-state index contributed by atoms with van der Waals surface area (Å²) in [6, 6.07) is 11.8. The molecule has 0 atom stereocenters. The topological polar surface area (TPSA) is 112 Å². The number of hydrogen-bond acceptors (Lipinski definition) is 5. The molecular formula is C18H17N5O3. The molecule has 8 nitrogen and oxygen atoms in total. The van der Waals surface area contributed by atoms with Gasteiger partial charge in [-0.05, 0) is 30.3 Å². The minimum Gasteiger partial charge on any atom is -0.492 e. The lowest BCUT2D eigenvalue weighted by atomic mass is 10.2. The standard InChI is InChI=1S/C18H17N5O3/c19-17(24)16-6-5-13(12-20-16)18(25)22-14-3-1-4-15(11-14)26-10-9-23-8-2-7-21-23/h1-8,11-12H,9-10H2,(H2,19,24)(H,22,25). The van der Waals surface area contributed by atoms with E-state index in [9.17, 15) is 9.59 Å². The van der Waals surface area contributed by atoms with Crippen molar-refractivity contribution in [2.24, 2.45) is 5.73 Å². The van der Waals surface area contributed by atoms with Gasteiger partial charge in [-0.3, -0.25) is 19.3 Å². The quantitative estimate of drug-likeness (QED) is 0.673. The Hall–Kier alpha value is -3.68. The third-order valence-corrected chi connectivity index (χ3v) is 3.52. The predicted octanol–water partition coefficient (Wildman–Crippen LogP) is 1.71. The second-order valence-electron chi connectivity index (χ2n) is 5.40. The first-order chi connectivity index (χ1) is 12.6. The van der Waals surface area contributed by atoms with Crippen molar-refractivity contribution in [2.75, 3.05) is 11.9 Å². The number of rotatable bonds is 7. The van der Waals surface area contributed by atoms with Crippen LogP contribution in [0.3, 0.4) is 0 Å². The van der Waals surface area contributed by atoms with Gasteiger partial charge >= 0.3 is 0 Å². The maximum absolute atomic E-state index is 12.3. The van der Waals surface area contributed by atoms with Crippen LogP contribution in [0.2, 0.25) is 0 Å². The summed E-state index contributed by atoms with van der Waals surface area (Å²) in [6.07, 6.45) is 4.87. The number of hydrogen-bond donors (Lipinski definition) is 2. The summed E-state index contributed by atoms with van der Waals surface area (Å²) < 4.78 is 7.45. The van der Waals surface area contributed by atoms with Crippen LogP contribution in [-0.4, -0.2) is 33.2 Å². The molecule has 1 aromatic carbocycles. The Bertz CT molecular complexity index is 891. The Morgan fingerprint density at radius 1 is 1.19 bits per heavy atom. The van der Waals surface area contributed by atoms with Gasteiger partial charge in [0.1, 0.15) is 18.1 Å². The van der Waals surface area contributed by atoms with Crippen molar-refractivity contribution in [2.45, 2.75) is 6.54 Å². The third-order valence-electron chi connectivity index (χ3n) is 3.52. The molecule has 0 saturated carbocycles. The van der Waals surface area contributed by atoms with Crippen LogP contribution in [0.5, 0.6) is 5.75 Å². The van der Waals surface area contributed by atoms with Crippen LogP contribution in [0.4, 0.5) is 5.69 Å². The van der Waals surface area contributed by atoms with Crippen LogP contribution in [0.25, 0.3) is 0 Å². The van der Waals surface area contributed by atoms with E-state index >= 15 is 0 Å². The van der Waals surface area contributed by atoms with E-state index in [2.05, 4.69) is 15.4 Å². The average molecular weight is 351 g/mol. The van der Waals surface area contributed by atoms with Crippen molar-refractivity contribution < 1.29 is 14.3 Å². The number of amides is 2. The summed E-state index contributed by atoms with van der Waals surface area (Å²) in [6.45, 7) is 1.08. The first kappa shape index (κ1) is 17.2. The van der Waals surface area contributed by atoms with E-state index in [1.807, 2.05) is 18.3 Å². The Kier molecular flexibility index (Phi) is 5.23. The van der Waals surface area contributed by atoms with Gasteiger partial charge in [-0.2, -0.15) is 5.10 Å². The molecule has 2 aromatic heterocycles. The summed E-state index contributed by atoms with van der Waals surface area (Å²) >= 11 is 0. The van der Waals surface area contributed by atoms with E-state index in [4.69, 9.17) is 10.5 Å². The molecule has 3 N–H and O–H groups in total. The van der Waals surface area contributed by atoms with Crippen LogP contribution in [0.15, 0.2) is 61.1 Å². The van der Waals surface area contributed by atoms with Gasteiger partial charge in [0.05, 0.1) is 12.1 Å². The number of nitrogens with zero attached hydrogens (tertiary/aromatic N) is 3. The number of aromatic nitrogens is 3. The number of carbonyl (C=O) groups excluding carboxylic acids is 2. The number of ether oxygens (including phenoxy) is 1. The van der Waals surface area contributed by atoms with E-state index in [0.717, 1.165) is 0 Å². The van der Waals surface area contributed by atoms with Crippen LogP contribution in [0.1, 0.15) is 20.8 Å². The fourth-order valence-electron chi connectivity index (χ4n) is 2.23. The Labute approximate surface area is 149 Å². The van der Waals surface area contributed by atoms with Crippen LogP contribution < -0.4 is 15.8 Å². The van der Waals surface area contributed by atoms with Gasteiger partial charge < -0.3 is 15.8 Å². The Morgan fingerprint density at radius 2 is 2.08 bits per heavy atom. The molecule has 132 valence electrons. The Balaban J connectivity index is 1.58. The zero-order valence-electron chi connectivity index (χ0n) is 13.8. The number of pyridine rings is 1. The smallest absolute Gasteiger partial charge is 0.267 e. The molecule has 0 unspecified atom stereocenters. The van der Waals surface area contributed by atoms with Crippen molar-refractivity contribution >= 4 is 17.5 Å². The van der Waals surface area contributed by atoms with Crippen molar-refractivity contribution in [1.29, 1.82) is 0 Å². The van der Waals surface area contributed by atoms with Crippen molar-refractivity contribution in [1.82, 2.24) is 14.8 Å². The molecule has 0 aliphatic heterocycles. The minimum atomic E-state index is -0.642. The molecule has 0 radical (unpaired) electrons. The second-order valence-corrected chi connectivity index (χ2v) is 5.40. The zero-order chi connectivity index (χ0) is 18.4. The molecular weight excluding hydrogens is 334 g/mol. The predicted molar refractivity (Wildman–Crippen MR) is 94.9 cm³/mol. The molecule has 0 spiro atoms. The molecule has 0 bridgehead atoms. The second kappa shape index (κ2) is 7.93. The van der Waals surface area contributed by atoms with Gasteiger partial charge in [0.15, 0.2) is 0 Å². The lowest BCUT2D eigenvalue weighted by Crippen LogP contribution is -2.16. The van der Waals surface area contributed by atoms with Crippen molar-refractivity contribution in [3.8, 4) is 5.75 Å². The fraction of sp³-hybridized carbons (Fsp3) is 0.111. The van der Waals surface area contributed by atoms with Crippen LogP contribution >= 0.6 is 0 Å².